The fraction of sp³-hybridized carbons (Fsp3) is 0.263. The zero-order valence-electron chi connectivity index (χ0n) is 15.1. The minimum absolute atomic E-state index is 0.192. The highest BCUT2D eigenvalue weighted by Crippen LogP contribution is 2.44. The quantitative estimate of drug-likeness (QED) is 0.578. The van der Waals surface area contributed by atoms with E-state index in [1.165, 1.54) is 0 Å². The van der Waals surface area contributed by atoms with Crippen LogP contribution in [0.4, 0.5) is 5.95 Å². The van der Waals surface area contributed by atoms with Crippen LogP contribution >= 0.6 is 15.9 Å². The van der Waals surface area contributed by atoms with Crippen molar-refractivity contribution in [1.82, 2.24) is 9.55 Å². The maximum absolute atomic E-state index is 6.06. The Hall–Kier alpha value is -3.14. The second-order valence-electron chi connectivity index (χ2n) is 6.89. The van der Waals surface area contributed by atoms with E-state index in [0.29, 0.717) is 48.1 Å². The normalized spacial score (nSPS) is 19.3. The largest absolute Gasteiger partial charge is 0.489 e. The summed E-state index contributed by atoms with van der Waals surface area (Å²) in [5, 5.41) is 3.05. The van der Waals surface area contributed by atoms with Crippen molar-refractivity contribution in [2.45, 2.75) is 12.6 Å². The molecule has 9 nitrogen and oxygen atoms in total. The van der Waals surface area contributed by atoms with Crippen LogP contribution in [0.2, 0.25) is 0 Å². The summed E-state index contributed by atoms with van der Waals surface area (Å²) >= 11 is 3.56. The summed E-state index contributed by atoms with van der Waals surface area (Å²) in [5.74, 6) is 3.64. The van der Waals surface area contributed by atoms with Crippen molar-refractivity contribution < 1.29 is 18.9 Å². The summed E-state index contributed by atoms with van der Waals surface area (Å²) in [6, 6.07) is 7.71. The highest BCUT2D eigenvalue weighted by atomic mass is 79.9. The molecule has 1 unspecified atom stereocenters. The number of guanidine groups is 1. The number of anilines is 1. The first-order valence-corrected chi connectivity index (χ1v) is 9.97. The second kappa shape index (κ2) is 6.18. The highest BCUT2D eigenvalue weighted by molar-refractivity contribution is 9.10. The first kappa shape index (κ1) is 16.8. The van der Waals surface area contributed by atoms with E-state index in [-0.39, 0.29) is 6.79 Å². The number of halogens is 1. The number of ether oxygens (including phenoxy) is 4. The van der Waals surface area contributed by atoms with Gasteiger partial charge in [0.15, 0.2) is 35.1 Å². The number of fused-ring (bicyclic) bond motifs is 5. The van der Waals surface area contributed by atoms with Gasteiger partial charge in [-0.1, -0.05) is 0 Å². The molecule has 1 aromatic heterocycles. The Morgan fingerprint density at radius 3 is 2.72 bits per heavy atom. The molecular formula is C19H16BrN5O4. The first-order chi connectivity index (χ1) is 14.2. The smallest absolute Gasteiger partial charge is 0.231 e. The summed E-state index contributed by atoms with van der Waals surface area (Å²) in [5.41, 5.74) is 8.59. The van der Waals surface area contributed by atoms with Crippen LogP contribution in [0.3, 0.4) is 0 Å². The van der Waals surface area contributed by atoms with E-state index < -0.39 is 6.17 Å². The Morgan fingerprint density at radius 1 is 1.03 bits per heavy atom. The van der Waals surface area contributed by atoms with Crippen LogP contribution in [0.5, 0.6) is 23.0 Å². The fourth-order valence-electron chi connectivity index (χ4n) is 3.78. The average Bonchev–Trinajstić information content (AvgIpc) is 3.24. The van der Waals surface area contributed by atoms with Gasteiger partial charge in [0.25, 0.3) is 0 Å². The molecule has 0 aliphatic carbocycles. The van der Waals surface area contributed by atoms with Gasteiger partial charge in [0.05, 0.1) is 28.7 Å². The van der Waals surface area contributed by atoms with Gasteiger partial charge in [0, 0.05) is 24.1 Å². The van der Waals surface area contributed by atoms with E-state index in [4.69, 9.17) is 29.7 Å². The molecule has 0 saturated carbocycles. The Bertz CT molecular complexity index is 1190. The molecule has 0 radical (unpaired) electrons. The summed E-state index contributed by atoms with van der Waals surface area (Å²) < 4.78 is 25.5. The van der Waals surface area contributed by atoms with E-state index in [1.807, 2.05) is 28.8 Å². The SMILES string of the molecule is NC1=NC(c2cc(Br)c3c(c2)OCO3)n2c(nc3cc4c(cc32)OCCCO4)N1. The second-order valence-corrected chi connectivity index (χ2v) is 7.75. The van der Waals surface area contributed by atoms with Crippen molar-refractivity contribution in [2.24, 2.45) is 10.7 Å². The zero-order valence-corrected chi connectivity index (χ0v) is 16.7. The number of imidazole rings is 1. The maximum Gasteiger partial charge on any atom is 0.231 e. The molecule has 0 amide bonds. The molecule has 0 bridgehead atoms. The molecule has 1 atom stereocenters. The monoisotopic (exact) mass is 457 g/mol. The predicted octanol–water partition coefficient (Wildman–Crippen LogP) is 2.98. The molecule has 3 N–H and O–H groups in total. The van der Waals surface area contributed by atoms with Crippen LogP contribution in [0.15, 0.2) is 33.7 Å². The van der Waals surface area contributed by atoms with Gasteiger partial charge in [-0.2, -0.15) is 0 Å². The molecule has 4 heterocycles. The van der Waals surface area contributed by atoms with E-state index in [0.717, 1.165) is 27.5 Å². The molecule has 0 saturated heterocycles. The van der Waals surface area contributed by atoms with Crippen molar-refractivity contribution in [3.8, 4) is 23.0 Å². The Balaban J connectivity index is 1.55. The molecule has 3 aliphatic rings. The number of hydrogen-bond acceptors (Lipinski definition) is 8. The molecule has 2 aromatic carbocycles. The number of nitrogens with zero attached hydrogens (tertiary/aromatic N) is 3. The molecule has 0 fully saturated rings. The minimum Gasteiger partial charge on any atom is -0.489 e. The number of aliphatic imine (C=N–C) groups is 1. The van der Waals surface area contributed by atoms with Crippen molar-refractivity contribution in [3.63, 3.8) is 0 Å². The number of aromatic nitrogens is 2. The van der Waals surface area contributed by atoms with Gasteiger partial charge in [0.1, 0.15) is 0 Å². The summed E-state index contributed by atoms with van der Waals surface area (Å²) in [7, 11) is 0. The van der Waals surface area contributed by atoms with Crippen LogP contribution in [0.1, 0.15) is 18.2 Å². The minimum atomic E-state index is -0.424. The van der Waals surface area contributed by atoms with Gasteiger partial charge < -0.3 is 24.7 Å². The number of hydrogen-bond donors (Lipinski definition) is 2. The number of nitrogens with two attached hydrogens (primary N) is 1. The van der Waals surface area contributed by atoms with Crippen LogP contribution in [0.25, 0.3) is 11.0 Å². The molecule has 3 aliphatic heterocycles. The lowest BCUT2D eigenvalue weighted by Crippen LogP contribution is -2.31. The molecule has 0 spiro atoms. The molecule has 10 heteroatoms. The third-order valence-electron chi connectivity index (χ3n) is 5.05. The molecule has 3 aromatic rings. The first-order valence-electron chi connectivity index (χ1n) is 9.18. The van der Waals surface area contributed by atoms with Gasteiger partial charge in [-0.25, -0.2) is 9.98 Å². The van der Waals surface area contributed by atoms with Crippen LogP contribution in [0, 0.1) is 0 Å². The Labute approximate surface area is 173 Å². The topological polar surface area (TPSA) is 105 Å². The van der Waals surface area contributed by atoms with Crippen LogP contribution in [-0.4, -0.2) is 35.5 Å². The van der Waals surface area contributed by atoms with Crippen molar-refractivity contribution in [1.29, 1.82) is 0 Å². The van der Waals surface area contributed by atoms with Gasteiger partial charge in [0.2, 0.25) is 12.7 Å². The summed E-state index contributed by atoms with van der Waals surface area (Å²) in [4.78, 5) is 9.33. The summed E-state index contributed by atoms with van der Waals surface area (Å²) in [6.45, 7) is 1.42. The lowest BCUT2D eigenvalue weighted by atomic mass is 10.1. The number of rotatable bonds is 1. The molecule has 148 valence electrons. The molecule has 6 rings (SSSR count). The van der Waals surface area contributed by atoms with Crippen LogP contribution < -0.4 is 30.0 Å². The van der Waals surface area contributed by atoms with Crippen LogP contribution in [-0.2, 0) is 0 Å². The maximum atomic E-state index is 6.06. The molecule has 29 heavy (non-hydrogen) atoms. The van der Waals surface area contributed by atoms with E-state index in [1.54, 1.807) is 0 Å². The summed E-state index contributed by atoms with van der Waals surface area (Å²) in [6.07, 6.45) is 0.417. The average molecular weight is 458 g/mol. The molecular weight excluding hydrogens is 442 g/mol. The predicted molar refractivity (Wildman–Crippen MR) is 109 cm³/mol. The lowest BCUT2D eigenvalue weighted by Gasteiger charge is -2.24. The van der Waals surface area contributed by atoms with Crippen molar-refractivity contribution in [2.75, 3.05) is 25.3 Å². The highest BCUT2D eigenvalue weighted by Gasteiger charge is 2.29. The van der Waals surface area contributed by atoms with E-state index in [2.05, 4.69) is 26.2 Å². The van der Waals surface area contributed by atoms with Gasteiger partial charge in [-0.3, -0.25) is 9.88 Å². The van der Waals surface area contributed by atoms with E-state index >= 15 is 0 Å². The van der Waals surface area contributed by atoms with Crippen molar-refractivity contribution >= 4 is 38.9 Å². The van der Waals surface area contributed by atoms with Crippen molar-refractivity contribution in [3.05, 3.63) is 34.3 Å². The lowest BCUT2D eigenvalue weighted by molar-refractivity contribution is 0.173. The standard InChI is InChI=1S/C19H16BrN5O4/c20-10-4-9(5-15-16(10)29-8-28-15)17-23-18(21)24-19-22-11-6-13-14(7-12(11)25(17)19)27-3-1-2-26-13/h4-7,17H,1-3,8H2,(H3,21,22,23,24). The zero-order chi connectivity index (χ0) is 19.5. The van der Waals surface area contributed by atoms with E-state index in [9.17, 15) is 0 Å². The van der Waals surface area contributed by atoms with Gasteiger partial charge in [-0.05, 0) is 28.1 Å². The third-order valence-corrected chi connectivity index (χ3v) is 5.64. The Kier molecular flexibility index (Phi) is 3.58. The Morgan fingerprint density at radius 2 is 1.86 bits per heavy atom. The van der Waals surface area contributed by atoms with Gasteiger partial charge >= 0.3 is 0 Å². The van der Waals surface area contributed by atoms with Gasteiger partial charge in [-0.15, -0.1) is 0 Å². The third kappa shape index (κ3) is 2.59. The number of nitrogens with one attached hydrogen (secondary N) is 1. The fourth-order valence-corrected chi connectivity index (χ4v) is 4.36. The number of benzene rings is 2.